The Morgan fingerprint density at radius 2 is 1.94 bits per heavy atom. The molecule has 4 heteroatoms. The summed E-state index contributed by atoms with van der Waals surface area (Å²) < 4.78 is 0. The monoisotopic (exact) mass is 235 g/mol. The molecule has 0 heterocycles. The molecule has 2 N–H and O–H groups in total. The van der Waals surface area contributed by atoms with Crippen molar-refractivity contribution < 1.29 is 4.79 Å². The number of benzene rings is 1. The molecule has 0 fully saturated rings. The van der Waals surface area contributed by atoms with Crippen LogP contribution in [0.3, 0.4) is 0 Å². The Labute approximate surface area is 103 Å². The van der Waals surface area contributed by atoms with Crippen LogP contribution < -0.4 is 10.6 Å². The fraction of sp³-hybridized carbons (Fsp3) is 0.462. The molecule has 0 spiro atoms. The normalized spacial score (nSPS) is 10.2. The summed E-state index contributed by atoms with van der Waals surface area (Å²) in [4.78, 5) is 15.2. The molecular weight excluding hydrogens is 214 g/mol. The number of nitrogens with zero attached hydrogens (tertiary/aromatic N) is 2. The van der Waals surface area contributed by atoms with Crippen LogP contribution >= 0.6 is 0 Å². The third-order valence-electron chi connectivity index (χ3n) is 2.74. The fourth-order valence-corrected chi connectivity index (χ4v) is 1.63. The molecule has 0 saturated carbocycles. The fourth-order valence-electron chi connectivity index (χ4n) is 1.63. The van der Waals surface area contributed by atoms with Gasteiger partial charge in [-0.2, -0.15) is 0 Å². The zero-order valence-electron chi connectivity index (χ0n) is 11.0. The third-order valence-corrected chi connectivity index (χ3v) is 2.74. The second-order valence-corrected chi connectivity index (χ2v) is 4.48. The number of hydrogen-bond donors (Lipinski definition) is 1. The molecule has 0 aliphatic carbocycles. The summed E-state index contributed by atoms with van der Waals surface area (Å²) in [7, 11) is 5.43. The summed E-state index contributed by atoms with van der Waals surface area (Å²) in [6, 6.07) is 6.11. The quantitative estimate of drug-likeness (QED) is 0.846. The minimum Gasteiger partial charge on any atom is -0.365 e. The van der Waals surface area contributed by atoms with E-state index in [0.717, 1.165) is 11.3 Å². The average Bonchev–Trinajstić information content (AvgIpc) is 2.28. The van der Waals surface area contributed by atoms with Gasteiger partial charge in [0.25, 0.3) is 0 Å². The molecule has 1 aromatic carbocycles. The lowest BCUT2D eigenvalue weighted by Gasteiger charge is -2.23. The lowest BCUT2D eigenvalue weighted by molar-refractivity contribution is -0.127. The van der Waals surface area contributed by atoms with Crippen LogP contribution in [0.25, 0.3) is 0 Å². The second-order valence-electron chi connectivity index (χ2n) is 4.48. The van der Waals surface area contributed by atoms with Crippen molar-refractivity contribution in [2.24, 2.45) is 5.73 Å². The molecule has 1 aromatic rings. The SMILES string of the molecule is Cc1ccc(CN)c(N(C)CC(=O)N(C)C)c1. The highest BCUT2D eigenvalue weighted by Crippen LogP contribution is 2.20. The van der Waals surface area contributed by atoms with Crippen LogP contribution in [0.15, 0.2) is 18.2 Å². The van der Waals surface area contributed by atoms with Gasteiger partial charge in [0.15, 0.2) is 0 Å². The first-order valence-electron chi connectivity index (χ1n) is 5.66. The number of rotatable bonds is 4. The van der Waals surface area contributed by atoms with Crippen molar-refractivity contribution in [3.63, 3.8) is 0 Å². The predicted molar refractivity (Wildman–Crippen MR) is 71.0 cm³/mol. The van der Waals surface area contributed by atoms with Crippen molar-refractivity contribution in [2.45, 2.75) is 13.5 Å². The number of aryl methyl sites for hydroxylation is 1. The van der Waals surface area contributed by atoms with Crippen LogP contribution in [0.2, 0.25) is 0 Å². The molecule has 0 unspecified atom stereocenters. The van der Waals surface area contributed by atoms with Crippen molar-refractivity contribution in [1.29, 1.82) is 0 Å². The first-order chi connectivity index (χ1) is 7.95. The number of nitrogens with two attached hydrogens (primary N) is 1. The van der Waals surface area contributed by atoms with E-state index in [2.05, 4.69) is 6.07 Å². The van der Waals surface area contributed by atoms with Crippen molar-refractivity contribution in [2.75, 3.05) is 32.6 Å². The van der Waals surface area contributed by atoms with Crippen LogP contribution in [-0.4, -0.2) is 38.5 Å². The van der Waals surface area contributed by atoms with E-state index in [-0.39, 0.29) is 5.91 Å². The molecule has 0 aliphatic heterocycles. The maximum Gasteiger partial charge on any atom is 0.241 e. The van der Waals surface area contributed by atoms with Crippen molar-refractivity contribution in [1.82, 2.24) is 4.90 Å². The first-order valence-corrected chi connectivity index (χ1v) is 5.66. The van der Waals surface area contributed by atoms with Gasteiger partial charge in [-0.25, -0.2) is 0 Å². The molecule has 1 rings (SSSR count). The van der Waals surface area contributed by atoms with Crippen LogP contribution in [-0.2, 0) is 11.3 Å². The van der Waals surface area contributed by atoms with Gasteiger partial charge in [-0.05, 0) is 24.1 Å². The Kier molecular flexibility index (Phi) is 4.52. The maximum atomic E-state index is 11.7. The molecule has 0 saturated heterocycles. The van der Waals surface area contributed by atoms with Gasteiger partial charge in [0.05, 0.1) is 6.54 Å². The van der Waals surface area contributed by atoms with Gasteiger partial charge in [-0.15, -0.1) is 0 Å². The summed E-state index contributed by atoms with van der Waals surface area (Å²) in [5, 5.41) is 0. The lowest BCUT2D eigenvalue weighted by atomic mass is 10.1. The van der Waals surface area contributed by atoms with Gasteiger partial charge in [-0.1, -0.05) is 12.1 Å². The Hall–Kier alpha value is -1.55. The second kappa shape index (κ2) is 5.68. The topological polar surface area (TPSA) is 49.6 Å². The van der Waals surface area contributed by atoms with E-state index < -0.39 is 0 Å². The summed E-state index contributed by atoms with van der Waals surface area (Å²) >= 11 is 0. The summed E-state index contributed by atoms with van der Waals surface area (Å²) in [5.41, 5.74) is 8.97. The number of amides is 1. The molecule has 0 atom stereocenters. The number of carbonyl (C=O) groups is 1. The van der Waals surface area contributed by atoms with Crippen LogP contribution in [0.4, 0.5) is 5.69 Å². The van der Waals surface area contributed by atoms with Crippen molar-refractivity contribution >= 4 is 11.6 Å². The molecule has 0 bridgehead atoms. The summed E-state index contributed by atoms with van der Waals surface area (Å²) in [6.07, 6.45) is 0. The molecular formula is C13H21N3O. The minimum absolute atomic E-state index is 0.0805. The van der Waals surface area contributed by atoms with Crippen LogP contribution in [0.5, 0.6) is 0 Å². The maximum absolute atomic E-state index is 11.7. The number of carbonyl (C=O) groups excluding carboxylic acids is 1. The Bertz CT molecular complexity index is 402. The van der Waals surface area contributed by atoms with E-state index in [1.54, 1.807) is 19.0 Å². The number of likely N-dealkylation sites (N-methyl/N-ethyl adjacent to an activating group) is 2. The molecule has 0 radical (unpaired) electrons. The van der Waals surface area contributed by atoms with Crippen molar-refractivity contribution in [3.05, 3.63) is 29.3 Å². The van der Waals surface area contributed by atoms with E-state index in [9.17, 15) is 4.79 Å². The zero-order valence-corrected chi connectivity index (χ0v) is 11.0. The summed E-state index contributed by atoms with van der Waals surface area (Å²) in [6.45, 7) is 2.88. The Morgan fingerprint density at radius 1 is 1.29 bits per heavy atom. The molecule has 94 valence electrons. The van der Waals surface area contributed by atoms with Gasteiger partial charge in [-0.3, -0.25) is 4.79 Å². The average molecular weight is 235 g/mol. The van der Waals surface area contributed by atoms with Gasteiger partial charge in [0.2, 0.25) is 5.91 Å². The molecule has 1 amide bonds. The van der Waals surface area contributed by atoms with Crippen LogP contribution in [0.1, 0.15) is 11.1 Å². The van der Waals surface area contributed by atoms with Crippen LogP contribution in [0, 0.1) is 6.92 Å². The van der Waals surface area contributed by atoms with Gasteiger partial charge in [0, 0.05) is 33.4 Å². The lowest BCUT2D eigenvalue weighted by Crippen LogP contribution is -2.34. The predicted octanol–water partition coefficient (Wildman–Crippen LogP) is 0.978. The highest BCUT2D eigenvalue weighted by Gasteiger charge is 2.12. The largest absolute Gasteiger partial charge is 0.365 e. The van der Waals surface area contributed by atoms with E-state index in [4.69, 9.17) is 5.73 Å². The highest BCUT2D eigenvalue weighted by atomic mass is 16.2. The van der Waals surface area contributed by atoms with Gasteiger partial charge < -0.3 is 15.5 Å². The third kappa shape index (κ3) is 3.46. The van der Waals surface area contributed by atoms with E-state index in [1.165, 1.54) is 5.56 Å². The molecule has 0 aromatic heterocycles. The van der Waals surface area contributed by atoms with E-state index in [1.807, 2.05) is 31.0 Å². The first kappa shape index (κ1) is 13.5. The molecule has 4 nitrogen and oxygen atoms in total. The van der Waals surface area contributed by atoms with E-state index in [0.29, 0.717) is 13.1 Å². The molecule has 0 aliphatic rings. The van der Waals surface area contributed by atoms with E-state index >= 15 is 0 Å². The van der Waals surface area contributed by atoms with Gasteiger partial charge in [0.1, 0.15) is 0 Å². The Balaban J connectivity index is 2.91. The number of anilines is 1. The summed E-state index contributed by atoms with van der Waals surface area (Å²) in [5.74, 6) is 0.0805. The van der Waals surface area contributed by atoms with Crippen molar-refractivity contribution in [3.8, 4) is 0 Å². The molecule has 17 heavy (non-hydrogen) atoms. The number of hydrogen-bond acceptors (Lipinski definition) is 3. The zero-order chi connectivity index (χ0) is 13.0. The smallest absolute Gasteiger partial charge is 0.241 e. The Morgan fingerprint density at radius 3 is 2.47 bits per heavy atom. The standard InChI is InChI=1S/C13H21N3O/c1-10-5-6-11(8-14)12(7-10)16(4)9-13(17)15(2)3/h5-7H,8-9,14H2,1-4H3. The van der Waals surface area contributed by atoms with Gasteiger partial charge >= 0.3 is 0 Å². The minimum atomic E-state index is 0.0805. The highest BCUT2D eigenvalue weighted by molar-refractivity contribution is 5.81.